The summed E-state index contributed by atoms with van der Waals surface area (Å²) >= 11 is 0. The van der Waals surface area contributed by atoms with Gasteiger partial charge in [0.05, 0.1) is 7.11 Å². The second-order valence-corrected chi connectivity index (χ2v) is 9.56. The van der Waals surface area contributed by atoms with E-state index in [0.717, 1.165) is 35.6 Å². The first-order valence-corrected chi connectivity index (χ1v) is 11.9. The number of nitrogens with zero attached hydrogens (tertiary/aromatic N) is 1. The quantitative estimate of drug-likeness (QED) is 0.632. The van der Waals surface area contributed by atoms with Crippen LogP contribution in [0.25, 0.3) is 10.8 Å². The fourth-order valence-electron chi connectivity index (χ4n) is 3.99. The van der Waals surface area contributed by atoms with Crippen molar-refractivity contribution in [3.8, 4) is 5.75 Å². The molecule has 162 valence electrons. The number of benzene rings is 3. The van der Waals surface area contributed by atoms with Crippen LogP contribution < -0.4 is 10.1 Å². The lowest BCUT2D eigenvalue weighted by molar-refractivity contribution is 0.0951. The van der Waals surface area contributed by atoms with Crippen molar-refractivity contribution in [2.45, 2.75) is 30.7 Å². The molecule has 4 rings (SSSR count). The Balaban J connectivity index is 1.58. The lowest BCUT2D eigenvalue weighted by Crippen LogP contribution is -2.36. The van der Waals surface area contributed by atoms with E-state index in [0.29, 0.717) is 19.6 Å². The zero-order valence-corrected chi connectivity index (χ0v) is 18.3. The first-order chi connectivity index (χ1) is 15.0. The molecular formula is C24H26N2O4S. The minimum atomic E-state index is -3.73. The maximum atomic E-state index is 13.2. The first kappa shape index (κ1) is 21.3. The Bertz CT molecular complexity index is 1200. The summed E-state index contributed by atoms with van der Waals surface area (Å²) in [6.07, 6.45) is 2.71. The van der Waals surface area contributed by atoms with Gasteiger partial charge in [0, 0.05) is 25.2 Å². The molecule has 0 bridgehead atoms. The van der Waals surface area contributed by atoms with Gasteiger partial charge in [0.25, 0.3) is 5.91 Å². The molecular weight excluding hydrogens is 412 g/mol. The molecule has 1 aliphatic heterocycles. The molecule has 1 aliphatic rings. The Labute approximate surface area is 182 Å². The number of amides is 1. The average Bonchev–Trinajstić information content (AvgIpc) is 2.82. The number of rotatable bonds is 6. The van der Waals surface area contributed by atoms with Gasteiger partial charge in [-0.25, -0.2) is 8.42 Å². The van der Waals surface area contributed by atoms with Gasteiger partial charge in [-0.1, -0.05) is 48.9 Å². The SMILES string of the molecule is COc1ccc(C(=O)NCc2cccc3ccccc23)cc1S(=O)(=O)N1CCCCC1. The molecule has 1 heterocycles. The molecule has 7 heteroatoms. The number of fused-ring (bicyclic) bond motifs is 1. The van der Waals surface area contributed by atoms with E-state index in [9.17, 15) is 13.2 Å². The lowest BCUT2D eigenvalue weighted by atomic mass is 10.0. The van der Waals surface area contributed by atoms with Gasteiger partial charge in [0.2, 0.25) is 10.0 Å². The second kappa shape index (κ2) is 9.08. The first-order valence-electron chi connectivity index (χ1n) is 10.4. The molecule has 3 aromatic rings. The molecule has 3 aromatic carbocycles. The number of carbonyl (C=O) groups is 1. The smallest absolute Gasteiger partial charge is 0.251 e. The molecule has 0 atom stereocenters. The minimum Gasteiger partial charge on any atom is -0.495 e. The third-order valence-corrected chi connectivity index (χ3v) is 7.60. The highest BCUT2D eigenvalue weighted by molar-refractivity contribution is 7.89. The molecule has 0 aromatic heterocycles. The van der Waals surface area contributed by atoms with Crippen molar-refractivity contribution >= 4 is 26.7 Å². The molecule has 1 N–H and O–H groups in total. The van der Waals surface area contributed by atoms with Gasteiger partial charge >= 0.3 is 0 Å². The van der Waals surface area contributed by atoms with Crippen LogP contribution in [0.1, 0.15) is 35.2 Å². The van der Waals surface area contributed by atoms with Gasteiger partial charge in [-0.15, -0.1) is 0 Å². The number of hydrogen-bond acceptors (Lipinski definition) is 4. The Morgan fingerprint density at radius 2 is 1.74 bits per heavy atom. The fraction of sp³-hybridized carbons (Fsp3) is 0.292. The van der Waals surface area contributed by atoms with E-state index in [-0.39, 0.29) is 22.1 Å². The van der Waals surface area contributed by atoms with E-state index in [1.165, 1.54) is 17.5 Å². The van der Waals surface area contributed by atoms with Gasteiger partial charge in [-0.3, -0.25) is 4.79 Å². The molecule has 1 saturated heterocycles. The molecule has 0 spiro atoms. The summed E-state index contributed by atoms with van der Waals surface area (Å²) in [6.45, 7) is 1.33. The topological polar surface area (TPSA) is 75.7 Å². The van der Waals surface area contributed by atoms with Gasteiger partial charge in [0.15, 0.2) is 0 Å². The van der Waals surface area contributed by atoms with Crippen LogP contribution in [0.15, 0.2) is 65.6 Å². The molecule has 6 nitrogen and oxygen atoms in total. The molecule has 31 heavy (non-hydrogen) atoms. The third-order valence-electron chi connectivity index (χ3n) is 5.68. The highest BCUT2D eigenvalue weighted by atomic mass is 32.2. The zero-order valence-electron chi connectivity index (χ0n) is 17.5. The van der Waals surface area contributed by atoms with Crippen molar-refractivity contribution in [2.24, 2.45) is 0 Å². The van der Waals surface area contributed by atoms with Gasteiger partial charge < -0.3 is 10.1 Å². The second-order valence-electron chi connectivity index (χ2n) is 7.65. The van der Waals surface area contributed by atoms with Gasteiger partial charge in [-0.2, -0.15) is 4.31 Å². The van der Waals surface area contributed by atoms with Crippen molar-refractivity contribution in [1.29, 1.82) is 0 Å². The van der Waals surface area contributed by atoms with Crippen molar-refractivity contribution < 1.29 is 17.9 Å². The molecule has 0 unspecified atom stereocenters. The maximum Gasteiger partial charge on any atom is 0.251 e. The summed E-state index contributed by atoms with van der Waals surface area (Å²) in [7, 11) is -2.29. The highest BCUT2D eigenvalue weighted by Crippen LogP contribution is 2.29. The largest absolute Gasteiger partial charge is 0.495 e. The molecule has 0 saturated carbocycles. The van der Waals surface area contributed by atoms with Crippen molar-refractivity contribution in [3.63, 3.8) is 0 Å². The summed E-state index contributed by atoms with van der Waals surface area (Å²) in [5.74, 6) is -0.0816. The van der Waals surface area contributed by atoms with Crippen LogP contribution in [0.3, 0.4) is 0 Å². The van der Waals surface area contributed by atoms with Crippen LogP contribution in [0.5, 0.6) is 5.75 Å². The van der Waals surface area contributed by atoms with Crippen LogP contribution in [-0.2, 0) is 16.6 Å². The number of ether oxygens (including phenoxy) is 1. The number of carbonyl (C=O) groups excluding carboxylic acids is 1. The number of nitrogens with one attached hydrogen (secondary N) is 1. The summed E-state index contributed by atoms with van der Waals surface area (Å²) in [5, 5.41) is 5.10. The Morgan fingerprint density at radius 3 is 2.52 bits per heavy atom. The number of methoxy groups -OCH3 is 1. The van der Waals surface area contributed by atoms with Gasteiger partial charge in [0.1, 0.15) is 10.6 Å². The molecule has 1 fully saturated rings. The van der Waals surface area contributed by atoms with Crippen LogP contribution in [0, 0.1) is 0 Å². The average molecular weight is 439 g/mol. The number of piperidine rings is 1. The van der Waals surface area contributed by atoms with Crippen LogP contribution in [0.2, 0.25) is 0 Å². The third kappa shape index (κ3) is 4.43. The summed E-state index contributed by atoms with van der Waals surface area (Å²) in [5.41, 5.74) is 1.29. The molecule has 0 aliphatic carbocycles. The fourth-order valence-corrected chi connectivity index (χ4v) is 5.69. The van der Waals surface area contributed by atoms with Crippen molar-refractivity contribution in [2.75, 3.05) is 20.2 Å². The van der Waals surface area contributed by atoms with Gasteiger partial charge in [-0.05, 0) is 47.4 Å². The van der Waals surface area contributed by atoms with Crippen molar-refractivity contribution in [3.05, 3.63) is 71.8 Å². The van der Waals surface area contributed by atoms with Crippen LogP contribution in [-0.4, -0.2) is 38.8 Å². The predicted octanol–water partition coefficient (Wildman–Crippen LogP) is 3.95. The molecule has 0 radical (unpaired) electrons. The van der Waals surface area contributed by atoms with Crippen LogP contribution in [0.4, 0.5) is 0 Å². The van der Waals surface area contributed by atoms with E-state index >= 15 is 0 Å². The standard InChI is InChI=1S/C24H26N2O4S/c1-30-22-13-12-19(16-23(22)31(28,29)26-14-5-2-6-15-26)24(27)25-17-20-10-7-9-18-8-3-4-11-21(18)20/h3-4,7-13,16H,2,5-6,14-15,17H2,1H3,(H,25,27). The zero-order chi connectivity index (χ0) is 21.8. The van der Waals surface area contributed by atoms with Crippen molar-refractivity contribution in [1.82, 2.24) is 9.62 Å². The van der Waals surface area contributed by atoms with E-state index in [1.54, 1.807) is 12.1 Å². The Kier molecular flexibility index (Phi) is 6.25. The van der Waals surface area contributed by atoms with E-state index in [1.807, 2.05) is 42.5 Å². The van der Waals surface area contributed by atoms with Crippen LogP contribution >= 0.6 is 0 Å². The highest BCUT2D eigenvalue weighted by Gasteiger charge is 2.29. The minimum absolute atomic E-state index is 0.0368. The maximum absolute atomic E-state index is 13.2. The Hall–Kier alpha value is -2.90. The van der Waals surface area contributed by atoms with E-state index in [4.69, 9.17) is 4.74 Å². The predicted molar refractivity (Wildman–Crippen MR) is 121 cm³/mol. The number of hydrogen-bond donors (Lipinski definition) is 1. The lowest BCUT2D eigenvalue weighted by Gasteiger charge is -2.26. The summed E-state index contributed by atoms with van der Waals surface area (Å²) in [6, 6.07) is 18.5. The van der Waals surface area contributed by atoms with E-state index < -0.39 is 10.0 Å². The molecule has 1 amide bonds. The normalized spacial score (nSPS) is 15.0. The van der Waals surface area contributed by atoms with E-state index in [2.05, 4.69) is 5.32 Å². The number of sulfonamides is 1. The summed E-state index contributed by atoms with van der Waals surface area (Å²) < 4.78 is 33.1. The Morgan fingerprint density at radius 1 is 1.00 bits per heavy atom. The monoisotopic (exact) mass is 438 g/mol. The summed E-state index contributed by atoms with van der Waals surface area (Å²) in [4.78, 5) is 12.9.